The maximum absolute atomic E-state index is 13.1. The molecule has 0 unspecified atom stereocenters. The van der Waals surface area contributed by atoms with E-state index in [1.807, 2.05) is 0 Å². The van der Waals surface area contributed by atoms with Crippen molar-refractivity contribution in [2.24, 2.45) is 0 Å². The van der Waals surface area contributed by atoms with Crippen LogP contribution in [0.25, 0.3) is 0 Å². The van der Waals surface area contributed by atoms with Crippen molar-refractivity contribution in [3.8, 4) is 5.88 Å². The van der Waals surface area contributed by atoms with Crippen molar-refractivity contribution in [1.29, 1.82) is 0 Å². The third kappa shape index (κ3) is 4.52. The molecule has 1 N–H and O–H groups in total. The number of ether oxygens (including phenoxy) is 2. The molecule has 0 fully saturated rings. The summed E-state index contributed by atoms with van der Waals surface area (Å²) >= 11 is 0. The van der Waals surface area contributed by atoms with E-state index in [1.165, 1.54) is 24.0 Å². The summed E-state index contributed by atoms with van der Waals surface area (Å²) in [5.41, 5.74) is 2.56. The van der Waals surface area contributed by atoms with Crippen LogP contribution in [0.1, 0.15) is 23.7 Å². The van der Waals surface area contributed by atoms with Crippen molar-refractivity contribution in [1.82, 2.24) is 4.98 Å². The molecule has 27 heavy (non-hydrogen) atoms. The molecule has 0 atom stereocenters. The lowest BCUT2D eigenvalue weighted by Gasteiger charge is -2.27. The van der Waals surface area contributed by atoms with E-state index in [4.69, 9.17) is 9.47 Å². The minimum Gasteiger partial charge on any atom is -0.474 e. The number of carbonyl (C=O) groups is 2. The summed E-state index contributed by atoms with van der Waals surface area (Å²) in [6.45, 7) is 1.69. The number of esters is 1. The highest BCUT2D eigenvalue weighted by atomic mass is 19.1. The number of anilines is 1. The number of carboxylic acid groups (broad SMARTS) is 1. The lowest BCUT2D eigenvalue weighted by atomic mass is 10.0. The van der Waals surface area contributed by atoms with Crippen molar-refractivity contribution in [2.75, 3.05) is 18.1 Å². The fraction of sp³-hybridized carbons (Fsp3) is 0.316. The Kier molecular flexibility index (Phi) is 5.54. The Hall–Kier alpha value is -3.16. The molecule has 2 aromatic rings. The van der Waals surface area contributed by atoms with Gasteiger partial charge in [0.15, 0.2) is 0 Å². The number of halogens is 1. The van der Waals surface area contributed by atoms with Crippen LogP contribution in [0.4, 0.5) is 14.9 Å². The number of hydrogen-bond donors (Lipinski definition) is 1. The van der Waals surface area contributed by atoms with E-state index < -0.39 is 12.1 Å². The number of hydrogen-bond acceptors (Lipinski definition) is 5. The molecule has 1 aliphatic rings. The highest BCUT2D eigenvalue weighted by molar-refractivity contribution is 5.88. The first-order valence-corrected chi connectivity index (χ1v) is 8.48. The zero-order valence-electron chi connectivity index (χ0n) is 14.8. The summed E-state index contributed by atoms with van der Waals surface area (Å²) in [4.78, 5) is 28.2. The highest BCUT2D eigenvalue weighted by Crippen LogP contribution is 2.32. The van der Waals surface area contributed by atoms with Crippen LogP contribution in [0.5, 0.6) is 5.88 Å². The first-order chi connectivity index (χ1) is 12.9. The lowest BCUT2D eigenvalue weighted by Crippen LogP contribution is -2.37. The zero-order valence-corrected chi connectivity index (χ0v) is 14.8. The van der Waals surface area contributed by atoms with Gasteiger partial charge in [0.2, 0.25) is 5.88 Å². The molecule has 1 aromatic carbocycles. The molecule has 0 radical (unpaired) electrons. The van der Waals surface area contributed by atoms with Gasteiger partial charge in [0.25, 0.3) is 0 Å². The van der Waals surface area contributed by atoms with Gasteiger partial charge in [-0.1, -0.05) is 12.1 Å². The number of rotatable bonds is 5. The van der Waals surface area contributed by atoms with Gasteiger partial charge in [0, 0.05) is 6.92 Å². The Labute approximate surface area is 155 Å². The molecule has 8 heteroatoms. The van der Waals surface area contributed by atoms with Crippen molar-refractivity contribution in [3.05, 3.63) is 53.0 Å². The normalized spacial score (nSPS) is 12.9. The van der Waals surface area contributed by atoms with Crippen LogP contribution < -0.4 is 9.64 Å². The summed E-state index contributed by atoms with van der Waals surface area (Å²) in [7, 11) is 0. The van der Waals surface area contributed by atoms with E-state index in [-0.39, 0.29) is 31.5 Å². The molecule has 7 nitrogen and oxygen atoms in total. The number of fused-ring (bicyclic) bond motifs is 1. The van der Waals surface area contributed by atoms with Crippen LogP contribution in [0.3, 0.4) is 0 Å². The summed E-state index contributed by atoms with van der Waals surface area (Å²) in [6, 6.07) is 7.87. The molecular weight excluding hydrogens is 355 g/mol. The number of amides is 1. The molecule has 142 valence electrons. The number of nitrogens with zero attached hydrogens (tertiary/aromatic N) is 2. The molecule has 1 aromatic heterocycles. The minimum atomic E-state index is -1.08. The molecule has 2 heterocycles. The quantitative estimate of drug-likeness (QED) is 0.810. The van der Waals surface area contributed by atoms with Crippen LogP contribution in [0.15, 0.2) is 30.3 Å². The largest absolute Gasteiger partial charge is 0.474 e. The number of carbonyl (C=O) groups excluding carboxylic acids is 1. The van der Waals surface area contributed by atoms with Crippen molar-refractivity contribution < 1.29 is 28.6 Å². The van der Waals surface area contributed by atoms with Gasteiger partial charge in [-0.3, -0.25) is 9.69 Å². The Morgan fingerprint density at radius 2 is 2.04 bits per heavy atom. The second-order valence-corrected chi connectivity index (χ2v) is 6.11. The van der Waals surface area contributed by atoms with Gasteiger partial charge in [0.1, 0.15) is 24.7 Å². The average Bonchev–Trinajstić information content (AvgIpc) is 2.64. The maximum atomic E-state index is 13.1. The zero-order chi connectivity index (χ0) is 19.4. The summed E-state index contributed by atoms with van der Waals surface area (Å²) in [5, 5.41) is 9.39. The van der Waals surface area contributed by atoms with Gasteiger partial charge in [0.05, 0.1) is 12.2 Å². The van der Waals surface area contributed by atoms with Gasteiger partial charge in [-0.2, -0.15) is 0 Å². The monoisotopic (exact) mass is 374 g/mol. The Balaban J connectivity index is 1.90. The number of benzene rings is 1. The van der Waals surface area contributed by atoms with E-state index in [0.29, 0.717) is 24.2 Å². The molecule has 1 amide bonds. The Bertz CT molecular complexity index is 854. The van der Waals surface area contributed by atoms with Gasteiger partial charge in [-0.05, 0) is 42.2 Å². The predicted molar refractivity (Wildman–Crippen MR) is 94.4 cm³/mol. The maximum Gasteiger partial charge on any atom is 0.412 e. The van der Waals surface area contributed by atoms with Crippen LogP contribution in [0.2, 0.25) is 0 Å². The van der Waals surface area contributed by atoms with E-state index in [9.17, 15) is 19.1 Å². The molecule has 0 bridgehead atoms. The predicted octanol–water partition coefficient (Wildman–Crippen LogP) is 2.95. The molecule has 0 saturated heterocycles. The van der Waals surface area contributed by atoms with E-state index in [1.54, 1.807) is 18.2 Å². The third-order valence-electron chi connectivity index (χ3n) is 4.22. The lowest BCUT2D eigenvalue weighted by molar-refractivity contribution is -0.142. The van der Waals surface area contributed by atoms with Gasteiger partial charge >= 0.3 is 12.1 Å². The third-order valence-corrected chi connectivity index (χ3v) is 4.22. The summed E-state index contributed by atoms with van der Waals surface area (Å²) < 4.78 is 23.6. The SMILES string of the molecule is CC(=O)OCc1nc2c(cc1CCc1ccc(F)cc1)N(C(=O)O)CCO2. The fourth-order valence-electron chi connectivity index (χ4n) is 2.86. The van der Waals surface area contributed by atoms with Gasteiger partial charge < -0.3 is 14.6 Å². The van der Waals surface area contributed by atoms with Crippen molar-refractivity contribution in [2.45, 2.75) is 26.4 Å². The van der Waals surface area contributed by atoms with E-state index in [2.05, 4.69) is 4.98 Å². The summed E-state index contributed by atoms with van der Waals surface area (Å²) in [5.74, 6) is -0.539. The second kappa shape index (κ2) is 8.03. The summed E-state index contributed by atoms with van der Waals surface area (Å²) in [6.07, 6.45) is 0.0381. The Morgan fingerprint density at radius 3 is 2.70 bits per heavy atom. The number of aromatic nitrogens is 1. The minimum absolute atomic E-state index is 0.0300. The van der Waals surface area contributed by atoms with E-state index >= 15 is 0 Å². The Morgan fingerprint density at radius 1 is 1.30 bits per heavy atom. The standard InChI is InChI=1S/C19H19FN2O5/c1-12(23)27-11-16-14(5-2-13-3-6-15(20)7-4-13)10-17-18(21-16)26-9-8-22(17)19(24)25/h3-4,6-7,10H,2,5,8-9,11H2,1H3,(H,24,25). The second-order valence-electron chi connectivity index (χ2n) is 6.11. The average molecular weight is 374 g/mol. The van der Waals surface area contributed by atoms with E-state index in [0.717, 1.165) is 11.1 Å². The van der Waals surface area contributed by atoms with Gasteiger partial charge in [-0.25, -0.2) is 14.2 Å². The smallest absolute Gasteiger partial charge is 0.412 e. The first kappa shape index (κ1) is 18.6. The van der Waals surface area contributed by atoms with Crippen molar-refractivity contribution in [3.63, 3.8) is 0 Å². The number of aryl methyl sites for hydroxylation is 2. The highest BCUT2D eigenvalue weighted by Gasteiger charge is 2.26. The molecule has 0 spiro atoms. The van der Waals surface area contributed by atoms with Crippen LogP contribution >= 0.6 is 0 Å². The molecular formula is C19H19FN2O5. The van der Waals surface area contributed by atoms with Crippen LogP contribution in [0, 0.1) is 5.82 Å². The van der Waals surface area contributed by atoms with Crippen LogP contribution in [-0.4, -0.2) is 35.3 Å². The molecule has 0 aliphatic carbocycles. The topological polar surface area (TPSA) is 89.0 Å². The first-order valence-electron chi connectivity index (χ1n) is 8.48. The molecule has 1 aliphatic heterocycles. The molecule has 3 rings (SSSR count). The van der Waals surface area contributed by atoms with Crippen molar-refractivity contribution >= 4 is 17.7 Å². The van der Waals surface area contributed by atoms with Gasteiger partial charge in [-0.15, -0.1) is 0 Å². The van der Waals surface area contributed by atoms with Crippen LogP contribution in [-0.2, 0) is 29.0 Å². The molecule has 0 saturated carbocycles. The number of pyridine rings is 1. The fourth-order valence-corrected chi connectivity index (χ4v) is 2.86.